The summed E-state index contributed by atoms with van der Waals surface area (Å²) < 4.78 is 27.8. The van der Waals surface area contributed by atoms with E-state index in [4.69, 9.17) is 35.6 Å². The summed E-state index contributed by atoms with van der Waals surface area (Å²) in [7, 11) is 0. The molecule has 1 aliphatic carbocycles. The lowest BCUT2D eigenvalue weighted by Crippen LogP contribution is -2.55. The van der Waals surface area contributed by atoms with Crippen LogP contribution in [-0.2, 0) is 16.0 Å². The number of hydrogen-bond donors (Lipinski definition) is 2. The number of anilines is 2. The van der Waals surface area contributed by atoms with E-state index in [0.717, 1.165) is 55.6 Å². The number of ether oxygens (including phenoxy) is 4. The Hall–Kier alpha value is -3.85. The first-order chi connectivity index (χ1) is 23.3. The predicted molar refractivity (Wildman–Crippen MR) is 179 cm³/mol. The Morgan fingerprint density at radius 1 is 1.15 bits per heavy atom. The number of hydrogen-bond acceptors (Lipinski definition) is 12. The Morgan fingerprint density at radius 3 is 2.67 bits per heavy atom. The third-order valence-corrected chi connectivity index (χ3v) is 9.81. The maximum Gasteiger partial charge on any atom is 0.256 e. The number of morpholine rings is 1. The van der Waals surface area contributed by atoms with E-state index >= 15 is 0 Å². The third-order valence-electron chi connectivity index (χ3n) is 9.50. The summed E-state index contributed by atoms with van der Waals surface area (Å²) in [4.78, 5) is 9.24. The van der Waals surface area contributed by atoms with Crippen LogP contribution in [0.1, 0.15) is 52.5 Å². The molecule has 2 aliphatic heterocycles. The van der Waals surface area contributed by atoms with Gasteiger partial charge in [-0.15, -0.1) is 10.2 Å². The molecule has 0 spiro atoms. The molecule has 3 fully saturated rings. The minimum absolute atomic E-state index is 0.127. The molecule has 15 heteroatoms. The normalized spacial score (nSPS) is 25.3. The molecule has 2 saturated heterocycles. The Bertz CT molecular complexity index is 1640. The maximum absolute atomic E-state index is 6.46. The SMILES string of the molecule is CC(Cn1cnnn1)Oc1cc(-c2cnc(Nc3cn(C4CCC([C@@]5(C)CNC[C@@H](C)O5)CC4)nc3OCC3COC3)nc2)ccc1Cl. The van der Waals surface area contributed by atoms with Crippen LogP contribution in [-0.4, -0.2) is 90.7 Å². The first kappa shape index (κ1) is 32.7. The lowest BCUT2D eigenvalue weighted by atomic mass is 9.75. The number of halogens is 1. The van der Waals surface area contributed by atoms with Crippen molar-refractivity contribution < 1.29 is 18.9 Å². The van der Waals surface area contributed by atoms with Gasteiger partial charge < -0.3 is 29.6 Å². The van der Waals surface area contributed by atoms with Crippen molar-refractivity contribution in [3.05, 3.63) is 48.1 Å². The molecule has 0 amide bonds. The van der Waals surface area contributed by atoms with Gasteiger partial charge in [-0.1, -0.05) is 17.7 Å². The van der Waals surface area contributed by atoms with Gasteiger partial charge in [0.05, 0.1) is 55.3 Å². The maximum atomic E-state index is 6.46. The highest BCUT2D eigenvalue weighted by molar-refractivity contribution is 6.32. The molecule has 3 aromatic heterocycles. The minimum atomic E-state index is -0.205. The molecule has 256 valence electrons. The van der Waals surface area contributed by atoms with Crippen molar-refractivity contribution in [3.63, 3.8) is 0 Å². The summed E-state index contributed by atoms with van der Waals surface area (Å²) in [6.07, 6.45) is 11.4. The molecular weight excluding hydrogens is 636 g/mol. The van der Waals surface area contributed by atoms with Crippen LogP contribution in [0.2, 0.25) is 5.02 Å². The number of rotatable bonds is 12. The van der Waals surface area contributed by atoms with E-state index in [1.165, 1.54) is 0 Å². The van der Waals surface area contributed by atoms with E-state index in [2.05, 4.69) is 54.7 Å². The second-order valence-electron chi connectivity index (χ2n) is 13.4. The Balaban J connectivity index is 1.02. The third kappa shape index (κ3) is 7.56. The molecule has 48 heavy (non-hydrogen) atoms. The number of nitrogens with zero attached hydrogens (tertiary/aromatic N) is 8. The van der Waals surface area contributed by atoms with Crippen LogP contribution < -0.4 is 20.1 Å². The van der Waals surface area contributed by atoms with Crippen LogP contribution in [0.25, 0.3) is 11.1 Å². The fraction of sp³-hybridized carbons (Fsp3) is 0.576. The average Bonchev–Trinajstić information content (AvgIpc) is 3.72. The average molecular weight is 679 g/mol. The van der Waals surface area contributed by atoms with Crippen molar-refractivity contribution in [1.29, 1.82) is 0 Å². The van der Waals surface area contributed by atoms with Gasteiger partial charge in [-0.3, -0.25) is 4.68 Å². The Morgan fingerprint density at radius 2 is 1.96 bits per heavy atom. The Labute approximate surface area is 284 Å². The van der Waals surface area contributed by atoms with Crippen LogP contribution in [0.5, 0.6) is 11.6 Å². The van der Waals surface area contributed by atoms with E-state index in [0.29, 0.717) is 60.8 Å². The van der Waals surface area contributed by atoms with Gasteiger partial charge in [0.2, 0.25) is 5.95 Å². The highest BCUT2D eigenvalue weighted by atomic mass is 35.5. The summed E-state index contributed by atoms with van der Waals surface area (Å²) in [5.74, 6) is 2.44. The fourth-order valence-electron chi connectivity index (χ4n) is 6.81. The number of tetrazole rings is 1. The van der Waals surface area contributed by atoms with Gasteiger partial charge >= 0.3 is 0 Å². The first-order valence-corrected chi connectivity index (χ1v) is 17.1. The van der Waals surface area contributed by atoms with E-state index in [1.807, 2.05) is 25.3 Å². The largest absolute Gasteiger partial charge is 0.487 e. The molecule has 2 N–H and O–H groups in total. The standard InChI is InChI=1S/C33H43ClN10O4/c1-21-11-35-19-33(3,48-21)26-5-7-27(8-6-26)44-15-29(31(40-44)46-18-23-16-45-17-23)39-32-36-12-25(13-37-32)24-4-9-28(34)30(10-24)47-22(2)14-43-20-38-41-42-43/h4,9-10,12-13,15,20-23,26-27,35H,5-8,11,14,16-19H2,1-3H3,(H,36,37,39)/t21-,22?,26?,27?,33-/m1/s1. The van der Waals surface area contributed by atoms with Gasteiger partial charge in [-0.25, -0.2) is 14.6 Å². The van der Waals surface area contributed by atoms with Crippen LogP contribution in [0.4, 0.5) is 11.6 Å². The van der Waals surface area contributed by atoms with Crippen LogP contribution in [0, 0.1) is 11.8 Å². The lowest BCUT2D eigenvalue weighted by Gasteiger charge is -2.46. The molecule has 1 aromatic carbocycles. The van der Waals surface area contributed by atoms with Crippen molar-refractivity contribution in [2.45, 2.75) is 76.9 Å². The smallest absolute Gasteiger partial charge is 0.256 e. The van der Waals surface area contributed by atoms with Gasteiger partial charge in [0.1, 0.15) is 23.9 Å². The summed E-state index contributed by atoms with van der Waals surface area (Å²) in [5.41, 5.74) is 2.31. The van der Waals surface area contributed by atoms with E-state index in [-0.39, 0.29) is 23.9 Å². The summed E-state index contributed by atoms with van der Waals surface area (Å²) >= 11 is 6.46. The molecule has 4 aromatic rings. The number of nitrogens with one attached hydrogen (secondary N) is 2. The molecule has 14 nitrogen and oxygen atoms in total. The highest BCUT2D eigenvalue weighted by Crippen LogP contribution is 2.41. The zero-order valence-corrected chi connectivity index (χ0v) is 28.3. The molecule has 3 aliphatic rings. The van der Waals surface area contributed by atoms with Gasteiger partial charge in [-0.05, 0) is 80.5 Å². The molecule has 1 saturated carbocycles. The monoisotopic (exact) mass is 678 g/mol. The summed E-state index contributed by atoms with van der Waals surface area (Å²) in [5, 5.41) is 23.6. The first-order valence-electron chi connectivity index (χ1n) is 16.8. The van der Waals surface area contributed by atoms with Crippen LogP contribution in [0.3, 0.4) is 0 Å². The van der Waals surface area contributed by atoms with Crippen molar-refractivity contribution >= 4 is 23.2 Å². The molecule has 3 atom stereocenters. The van der Waals surface area contributed by atoms with Gasteiger partial charge in [0.25, 0.3) is 5.88 Å². The molecule has 5 heterocycles. The van der Waals surface area contributed by atoms with E-state index in [9.17, 15) is 0 Å². The van der Waals surface area contributed by atoms with Crippen LogP contribution >= 0.6 is 11.6 Å². The van der Waals surface area contributed by atoms with Crippen molar-refractivity contribution in [2.75, 3.05) is 38.2 Å². The van der Waals surface area contributed by atoms with E-state index < -0.39 is 0 Å². The molecule has 7 rings (SSSR count). The van der Waals surface area contributed by atoms with Crippen molar-refractivity contribution in [1.82, 2.24) is 45.3 Å². The molecule has 1 unspecified atom stereocenters. The van der Waals surface area contributed by atoms with E-state index in [1.54, 1.807) is 29.5 Å². The second kappa shape index (κ2) is 14.3. The predicted octanol–water partition coefficient (Wildman–Crippen LogP) is 4.71. The highest BCUT2D eigenvalue weighted by Gasteiger charge is 2.41. The quantitative estimate of drug-likeness (QED) is 0.214. The summed E-state index contributed by atoms with van der Waals surface area (Å²) in [6.45, 7) is 10.6. The van der Waals surface area contributed by atoms with Gasteiger partial charge in [-0.2, -0.15) is 0 Å². The van der Waals surface area contributed by atoms with Crippen molar-refractivity contribution in [3.8, 4) is 22.8 Å². The zero-order chi connectivity index (χ0) is 33.1. The van der Waals surface area contributed by atoms with Crippen LogP contribution in [0.15, 0.2) is 43.1 Å². The molecular formula is C33H43ClN10O4. The van der Waals surface area contributed by atoms with Crippen molar-refractivity contribution in [2.24, 2.45) is 11.8 Å². The molecule has 0 radical (unpaired) electrons. The fourth-order valence-corrected chi connectivity index (χ4v) is 6.97. The molecule has 0 bridgehead atoms. The topological polar surface area (TPSA) is 148 Å². The zero-order valence-electron chi connectivity index (χ0n) is 27.6. The van der Waals surface area contributed by atoms with Gasteiger partial charge in [0.15, 0.2) is 0 Å². The van der Waals surface area contributed by atoms with Gasteiger partial charge in [0, 0.05) is 37.0 Å². The second-order valence-corrected chi connectivity index (χ2v) is 13.9. The number of aromatic nitrogens is 8. The summed E-state index contributed by atoms with van der Waals surface area (Å²) in [6, 6.07) is 5.89. The Kier molecular flexibility index (Phi) is 9.76. The lowest BCUT2D eigenvalue weighted by molar-refractivity contribution is -0.138. The number of benzene rings is 1. The minimum Gasteiger partial charge on any atom is -0.487 e.